The monoisotopic (exact) mass is 155 g/mol. The summed E-state index contributed by atoms with van der Waals surface area (Å²) in [5.41, 5.74) is 0. The van der Waals surface area contributed by atoms with Crippen LogP contribution in [0.1, 0.15) is 0 Å². The summed E-state index contributed by atoms with van der Waals surface area (Å²) in [7, 11) is 0. The van der Waals surface area contributed by atoms with Gasteiger partial charge in [0.05, 0.1) is 0 Å². The molecule has 0 aliphatic heterocycles. The van der Waals surface area contributed by atoms with E-state index in [1.807, 2.05) is 11.4 Å². The maximum absolute atomic E-state index is 4.22. The largest absolute Gasteiger partial charge is 0.343 e. The van der Waals surface area contributed by atoms with Crippen molar-refractivity contribution in [1.82, 2.24) is 14.5 Å². The number of hydrogen-bond acceptors (Lipinski definition) is 5. The van der Waals surface area contributed by atoms with Gasteiger partial charge in [0.1, 0.15) is 0 Å². The lowest BCUT2D eigenvalue weighted by atomic mass is 10.8. The number of rotatable bonds is 0. The van der Waals surface area contributed by atoms with E-state index in [1.165, 1.54) is 24.3 Å². The molecule has 52 valence electrons. The molecular formula is C5H5N3OS. The second-order valence-electron chi connectivity index (χ2n) is 1.27. The highest BCUT2D eigenvalue weighted by atomic mass is 32.1. The fourth-order valence-electron chi connectivity index (χ4n) is 0.312. The number of hydrogen-bond donors (Lipinski definition) is 0. The third-order valence-electron chi connectivity index (χ3n) is 0.630. The fourth-order valence-corrected chi connectivity index (χ4v) is 0.663. The zero-order chi connectivity index (χ0) is 7.07. The summed E-state index contributed by atoms with van der Waals surface area (Å²) in [5, 5.41) is 5.17. The number of aromatic nitrogens is 3. The first kappa shape index (κ1) is 6.88. The molecule has 0 radical (unpaired) electrons. The van der Waals surface area contributed by atoms with Crippen molar-refractivity contribution in [2.45, 2.75) is 0 Å². The van der Waals surface area contributed by atoms with Crippen LogP contribution in [0.5, 0.6) is 0 Å². The SMILES string of the molecule is c1cnsc1.c1ncon1. The standard InChI is InChI=1S/C3H3NS.C2H2N2O/c1-2-4-5-3-1;1-3-2-5-4-1/h1-3H;1-2H. The van der Waals surface area contributed by atoms with E-state index >= 15 is 0 Å². The molecule has 0 saturated carbocycles. The van der Waals surface area contributed by atoms with Crippen LogP contribution in [-0.4, -0.2) is 14.5 Å². The minimum absolute atomic E-state index is 1.26. The average Bonchev–Trinajstić information content (AvgIpc) is 2.67. The second kappa shape index (κ2) is 4.63. The molecule has 0 aliphatic rings. The molecule has 0 aliphatic carbocycles. The van der Waals surface area contributed by atoms with Crippen LogP contribution < -0.4 is 0 Å². The van der Waals surface area contributed by atoms with Crippen molar-refractivity contribution >= 4 is 11.5 Å². The van der Waals surface area contributed by atoms with Gasteiger partial charge in [-0.15, -0.1) is 0 Å². The molecule has 0 N–H and O–H groups in total. The van der Waals surface area contributed by atoms with E-state index < -0.39 is 0 Å². The van der Waals surface area contributed by atoms with Crippen LogP contribution in [0.2, 0.25) is 0 Å². The normalized spacial score (nSPS) is 8.00. The van der Waals surface area contributed by atoms with Gasteiger partial charge in [0.2, 0.25) is 6.39 Å². The van der Waals surface area contributed by atoms with E-state index in [4.69, 9.17) is 0 Å². The fraction of sp³-hybridized carbons (Fsp3) is 0. The maximum atomic E-state index is 4.22. The lowest BCUT2D eigenvalue weighted by Gasteiger charge is -1.45. The zero-order valence-corrected chi connectivity index (χ0v) is 5.86. The quantitative estimate of drug-likeness (QED) is 0.573. The lowest BCUT2D eigenvalue weighted by Crippen LogP contribution is -1.44. The van der Waals surface area contributed by atoms with E-state index in [0.717, 1.165) is 0 Å². The van der Waals surface area contributed by atoms with Crippen molar-refractivity contribution in [3.8, 4) is 0 Å². The highest BCUT2D eigenvalue weighted by Gasteiger charge is 1.61. The Morgan fingerprint density at radius 2 is 2.40 bits per heavy atom. The van der Waals surface area contributed by atoms with Crippen molar-refractivity contribution in [2.24, 2.45) is 0 Å². The molecule has 5 heteroatoms. The molecular weight excluding hydrogens is 150 g/mol. The minimum Gasteiger partial charge on any atom is -0.343 e. The Hall–Kier alpha value is -1.23. The van der Waals surface area contributed by atoms with Crippen LogP contribution in [0.25, 0.3) is 0 Å². The molecule has 4 nitrogen and oxygen atoms in total. The van der Waals surface area contributed by atoms with Crippen LogP contribution in [0, 0.1) is 0 Å². The third kappa shape index (κ3) is 2.93. The summed E-state index contributed by atoms with van der Waals surface area (Å²) < 4.78 is 7.99. The van der Waals surface area contributed by atoms with Gasteiger partial charge in [0, 0.05) is 11.6 Å². The minimum atomic E-state index is 1.26. The molecule has 2 heterocycles. The Kier molecular flexibility index (Phi) is 3.19. The molecule has 0 atom stereocenters. The molecule has 2 aromatic rings. The van der Waals surface area contributed by atoms with Gasteiger partial charge in [-0.3, -0.25) is 0 Å². The van der Waals surface area contributed by atoms with Gasteiger partial charge >= 0.3 is 0 Å². The zero-order valence-electron chi connectivity index (χ0n) is 5.04. The van der Waals surface area contributed by atoms with Crippen LogP contribution in [-0.2, 0) is 0 Å². The Bertz CT molecular complexity index is 156. The van der Waals surface area contributed by atoms with Gasteiger partial charge in [-0.05, 0) is 17.6 Å². The summed E-state index contributed by atoms with van der Waals surface area (Å²) in [6.45, 7) is 0. The predicted molar refractivity (Wildman–Crippen MR) is 36.4 cm³/mol. The van der Waals surface area contributed by atoms with Gasteiger partial charge in [-0.25, -0.2) is 9.36 Å². The van der Waals surface area contributed by atoms with E-state index in [0.29, 0.717) is 0 Å². The predicted octanol–water partition coefficient (Wildman–Crippen LogP) is 1.21. The highest BCUT2D eigenvalue weighted by molar-refractivity contribution is 7.03. The Labute approximate surface area is 61.7 Å². The average molecular weight is 155 g/mol. The highest BCUT2D eigenvalue weighted by Crippen LogP contribution is 1.83. The molecule has 10 heavy (non-hydrogen) atoms. The molecule has 0 saturated heterocycles. The van der Waals surface area contributed by atoms with Crippen LogP contribution >= 0.6 is 11.5 Å². The Morgan fingerprint density at radius 3 is 2.60 bits per heavy atom. The molecule has 0 aromatic carbocycles. The first-order valence-electron chi connectivity index (χ1n) is 2.54. The van der Waals surface area contributed by atoms with Crippen molar-refractivity contribution in [2.75, 3.05) is 0 Å². The molecule has 0 fully saturated rings. The maximum Gasteiger partial charge on any atom is 0.213 e. The van der Waals surface area contributed by atoms with E-state index in [-0.39, 0.29) is 0 Å². The third-order valence-corrected chi connectivity index (χ3v) is 1.15. The summed E-state index contributed by atoms with van der Waals surface area (Å²) in [6, 6.07) is 1.91. The molecule has 0 spiro atoms. The molecule has 0 bridgehead atoms. The van der Waals surface area contributed by atoms with E-state index in [9.17, 15) is 0 Å². The van der Waals surface area contributed by atoms with Crippen molar-refractivity contribution < 1.29 is 4.52 Å². The number of nitrogens with zero attached hydrogens (tertiary/aromatic N) is 3. The van der Waals surface area contributed by atoms with Crippen molar-refractivity contribution in [1.29, 1.82) is 0 Å². The summed E-state index contributed by atoms with van der Waals surface area (Å²) in [4.78, 5) is 3.44. The molecule has 2 aromatic heterocycles. The van der Waals surface area contributed by atoms with Crippen LogP contribution in [0.3, 0.4) is 0 Å². The topological polar surface area (TPSA) is 51.8 Å². The summed E-state index contributed by atoms with van der Waals surface area (Å²) in [5.74, 6) is 0. The molecule has 0 unspecified atom stereocenters. The molecule has 0 amide bonds. The van der Waals surface area contributed by atoms with Gasteiger partial charge in [-0.1, -0.05) is 5.16 Å². The summed E-state index contributed by atoms with van der Waals surface area (Å²) in [6.07, 6.45) is 4.37. The summed E-state index contributed by atoms with van der Waals surface area (Å²) >= 11 is 1.46. The van der Waals surface area contributed by atoms with E-state index in [1.54, 1.807) is 6.20 Å². The van der Waals surface area contributed by atoms with Crippen LogP contribution in [0.4, 0.5) is 0 Å². The van der Waals surface area contributed by atoms with Crippen molar-refractivity contribution in [3.05, 3.63) is 30.4 Å². The Morgan fingerprint density at radius 1 is 1.40 bits per heavy atom. The van der Waals surface area contributed by atoms with E-state index in [2.05, 4.69) is 19.0 Å². The second-order valence-corrected chi connectivity index (χ2v) is 1.96. The van der Waals surface area contributed by atoms with Gasteiger partial charge < -0.3 is 4.52 Å². The molecule has 2 rings (SSSR count). The smallest absolute Gasteiger partial charge is 0.213 e. The first-order valence-corrected chi connectivity index (χ1v) is 3.37. The first-order chi connectivity index (χ1) is 5.00. The Balaban J connectivity index is 0.0000001000. The van der Waals surface area contributed by atoms with Gasteiger partial charge in [-0.2, -0.15) is 0 Å². The van der Waals surface area contributed by atoms with Crippen molar-refractivity contribution in [3.63, 3.8) is 0 Å². The van der Waals surface area contributed by atoms with Gasteiger partial charge in [0.25, 0.3) is 0 Å². The lowest BCUT2D eigenvalue weighted by molar-refractivity contribution is 0.416. The van der Waals surface area contributed by atoms with Crippen LogP contribution in [0.15, 0.2) is 34.9 Å². The van der Waals surface area contributed by atoms with Gasteiger partial charge in [0.15, 0.2) is 6.33 Å².